The Labute approximate surface area is 191 Å². The average molecular weight is 476 g/mol. The van der Waals surface area contributed by atoms with Crippen LogP contribution in [0.15, 0.2) is 0 Å². The largest absolute Gasteiger partial charge is 0.465 e. The van der Waals surface area contributed by atoms with Gasteiger partial charge in [0.1, 0.15) is 0 Å². The van der Waals surface area contributed by atoms with Crippen LogP contribution in [-0.4, -0.2) is 17.9 Å². The second kappa shape index (κ2) is 19.9. The molecule has 0 aliphatic rings. The maximum absolute atomic E-state index is 12.7. The fraction of sp³-hybridized carbons (Fsp3) is 0.962. The van der Waals surface area contributed by atoms with E-state index in [2.05, 4.69) is 43.6 Å². The van der Waals surface area contributed by atoms with Gasteiger partial charge in [-0.15, -0.1) is 0 Å². The van der Waals surface area contributed by atoms with E-state index in [-0.39, 0.29) is 11.4 Å². The fourth-order valence-corrected chi connectivity index (χ4v) is 4.29. The molecule has 0 amide bonds. The highest BCUT2D eigenvalue weighted by Gasteiger charge is 2.29. The second-order valence-corrected chi connectivity index (χ2v) is 10.4. The number of carbonyl (C=O) groups is 1. The second-order valence-electron chi connectivity index (χ2n) is 9.61. The molecular weight excluding hydrogens is 424 g/mol. The van der Waals surface area contributed by atoms with Gasteiger partial charge < -0.3 is 4.74 Å². The van der Waals surface area contributed by atoms with E-state index in [1.807, 2.05) is 0 Å². The number of esters is 1. The lowest BCUT2D eigenvalue weighted by Gasteiger charge is -2.25. The number of ether oxygens (including phenoxy) is 1. The zero-order chi connectivity index (χ0) is 21.8. The molecule has 0 aliphatic heterocycles. The Bertz CT molecular complexity index is 354. The summed E-state index contributed by atoms with van der Waals surface area (Å²) in [7, 11) is 0. The summed E-state index contributed by atoms with van der Waals surface area (Å²) in [5.74, 6) is 0.567. The lowest BCUT2D eigenvalue weighted by molar-refractivity contribution is -0.156. The normalized spacial score (nSPS) is 11.9. The Morgan fingerprint density at radius 1 is 0.759 bits per heavy atom. The van der Waals surface area contributed by atoms with Crippen LogP contribution in [-0.2, 0) is 9.53 Å². The van der Waals surface area contributed by atoms with Gasteiger partial charge in [0.2, 0.25) is 0 Å². The summed E-state index contributed by atoms with van der Waals surface area (Å²) in [6, 6.07) is 0. The van der Waals surface area contributed by atoms with Crippen LogP contribution in [0.4, 0.5) is 0 Å². The Kier molecular flexibility index (Phi) is 19.9. The molecule has 0 rings (SSSR count). The number of rotatable bonds is 21. The summed E-state index contributed by atoms with van der Waals surface area (Å²) < 4.78 is 5.86. The van der Waals surface area contributed by atoms with Crippen LogP contribution in [0.2, 0.25) is 0 Å². The number of hydrogen-bond acceptors (Lipinski definition) is 2. The van der Waals surface area contributed by atoms with Gasteiger partial charge in [-0.2, -0.15) is 0 Å². The summed E-state index contributed by atoms with van der Waals surface area (Å²) in [5, 5.41) is 1.08. The standard InChI is InChI=1S/C26H51BrO2/c1-5-7-9-11-15-19-24(20-16-12-10-8-6-2)23-29-25(28)26(3,4)21-17-13-14-18-22-27/h24H,5-23H2,1-4H3. The molecule has 0 radical (unpaired) electrons. The van der Waals surface area contributed by atoms with Crippen LogP contribution in [0.3, 0.4) is 0 Å². The Morgan fingerprint density at radius 2 is 1.24 bits per heavy atom. The van der Waals surface area contributed by atoms with Gasteiger partial charge in [-0.05, 0) is 45.4 Å². The first-order chi connectivity index (χ1) is 14.0. The van der Waals surface area contributed by atoms with Crippen LogP contribution < -0.4 is 0 Å². The van der Waals surface area contributed by atoms with Crippen LogP contribution >= 0.6 is 15.9 Å². The summed E-state index contributed by atoms with van der Waals surface area (Å²) in [5.41, 5.74) is -0.346. The van der Waals surface area contributed by atoms with Crippen LogP contribution in [0, 0.1) is 11.3 Å². The number of alkyl halides is 1. The Morgan fingerprint density at radius 3 is 1.76 bits per heavy atom. The molecule has 0 saturated heterocycles. The molecule has 29 heavy (non-hydrogen) atoms. The molecule has 0 aliphatic carbocycles. The third kappa shape index (κ3) is 17.3. The topological polar surface area (TPSA) is 26.3 Å². The molecule has 0 aromatic heterocycles. The molecule has 2 nitrogen and oxygen atoms in total. The fourth-order valence-electron chi connectivity index (χ4n) is 3.89. The highest BCUT2D eigenvalue weighted by Crippen LogP contribution is 2.27. The lowest BCUT2D eigenvalue weighted by atomic mass is 9.87. The van der Waals surface area contributed by atoms with Gasteiger partial charge in [0.15, 0.2) is 0 Å². The minimum atomic E-state index is -0.346. The predicted molar refractivity (Wildman–Crippen MR) is 132 cm³/mol. The van der Waals surface area contributed by atoms with Crippen molar-refractivity contribution >= 4 is 21.9 Å². The van der Waals surface area contributed by atoms with Gasteiger partial charge in [0, 0.05) is 5.33 Å². The summed E-state index contributed by atoms with van der Waals surface area (Å²) in [4.78, 5) is 12.7. The summed E-state index contributed by atoms with van der Waals surface area (Å²) in [6.07, 6.45) is 21.4. The van der Waals surface area contributed by atoms with E-state index in [4.69, 9.17) is 4.74 Å². The molecule has 0 saturated carbocycles. The first-order valence-corrected chi connectivity index (χ1v) is 13.8. The first kappa shape index (κ1) is 28.9. The number of halogens is 1. The van der Waals surface area contributed by atoms with Gasteiger partial charge in [-0.25, -0.2) is 0 Å². The smallest absolute Gasteiger partial charge is 0.311 e. The maximum atomic E-state index is 12.7. The molecule has 0 spiro atoms. The van der Waals surface area contributed by atoms with Gasteiger partial charge >= 0.3 is 5.97 Å². The third-order valence-electron chi connectivity index (χ3n) is 6.12. The molecule has 0 fully saturated rings. The number of unbranched alkanes of at least 4 members (excludes halogenated alkanes) is 11. The van der Waals surface area contributed by atoms with Crippen molar-refractivity contribution in [2.45, 2.75) is 137 Å². The zero-order valence-electron chi connectivity index (χ0n) is 20.2. The van der Waals surface area contributed by atoms with Crippen molar-refractivity contribution in [3.8, 4) is 0 Å². The van der Waals surface area contributed by atoms with Gasteiger partial charge in [0.05, 0.1) is 12.0 Å². The van der Waals surface area contributed by atoms with Crippen molar-refractivity contribution in [2.75, 3.05) is 11.9 Å². The minimum Gasteiger partial charge on any atom is -0.465 e. The van der Waals surface area contributed by atoms with Gasteiger partial charge in [0.25, 0.3) is 0 Å². The van der Waals surface area contributed by atoms with Gasteiger partial charge in [-0.1, -0.05) is 113 Å². The lowest BCUT2D eigenvalue weighted by Crippen LogP contribution is -2.28. The molecule has 174 valence electrons. The molecular formula is C26H51BrO2. The van der Waals surface area contributed by atoms with Crippen LogP contribution in [0.5, 0.6) is 0 Å². The molecule has 0 unspecified atom stereocenters. The molecule has 0 heterocycles. The molecule has 0 atom stereocenters. The van der Waals surface area contributed by atoms with Crippen molar-refractivity contribution in [1.29, 1.82) is 0 Å². The summed E-state index contributed by atoms with van der Waals surface area (Å²) >= 11 is 3.48. The Hall–Kier alpha value is -0.0500. The van der Waals surface area contributed by atoms with Crippen molar-refractivity contribution in [3.05, 3.63) is 0 Å². The van der Waals surface area contributed by atoms with Gasteiger partial charge in [-0.3, -0.25) is 4.79 Å². The highest BCUT2D eigenvalue weighted by atomic mass is 79.9. The average Bonchev–Trinajstić information content (AvgIpc) is 2.70. The van der Waals surface area contributed by atoms with Crippen molar-refractivity contribution in [1.82, 2.24) is 0 Å². The SMILES string of the molecule is CCCCCCCC(CCCCCCC)COC(=O)C(C)(C)CCCCCCBr. The molecule has 0 bridgehead atoms. The molecule has 3 heteroatoms. The molecule has 0 N–H and O–H groups in total. The van der Waals surface area contributed by atoms with E-state index < -0.39 is 0 Å². The zero-order valence-corrected chi connectivity index (χ0v) is 21.8. The monoisotopic (exact) mass is 474 g/mol. The van der Waals surface area contributed by atoms with Crippen molar-refractivity contribution in [3.63, 3.8) is 0 Å². The van der Waals surface area contributed by atoms with Crippen LogP contribution in [0.25, 0.3) is 0 Å². The third-order valence-corrected chi connectivity index (χ3v) is 6.68. The highest BCUT2D eigenvalue weighted by molar-refractivity contribution is 9.09. The quantitative estimate of drug-likeness (QED) is 0.0939. The number of carbonyl (C=O) groups excluding carboxylic acids is 1. The minimum absolute atomic E-state index is 0.0138. The Balaban J connectivity index is 4.29. The van der Waals surface area contributed by atoms with Crippen molar-refractivity contribution < 1.29 is 9.53 Å². The predicted octanol–water partition coefficient (Wildman–Crippen LogP) is 9.24. The van der Waals surface area contributed by atoms with E-state index in [1.165, 1.54) is 96.3 Å². The molecule has 0 aromatic rings. The van der Waals surface area contributed by atoms with E-state index in [0.29, 0.717) is 12.5 Å². The van der Waals surface area contributed by atoms with Crippen LogP contribution in [0.1, 0.15) is 137 Å². The van der Waals surface area contributed by atoms with E-state index in [0.717, 1.165) is 18.2 Å². The van der Waals surface area contributed by atoms with E-state index >= 15 is 0 Å². The number of hydrogen-bond donors (Lipinski definition) is 0. The first-order valence-electron chi connectivity index (χ1n) is 12.7. The van der Waals surface area contributed by atoms with E-state index in [9.17, 15) is 4.79 Å². The maximum Gasteiger partial charge on any atom is 0.311 e. The molecule has 0 aromatic carbocycles. The van der Waals surface area contributed by atoms with Crippen molar-refractivity contribution in [2.24, 2.45) is 11.3 Å². The van der Waals surface area contributed by atoms with E-state index in [1.54, 1.807) is 0 Å². The summed E-state index contributed by atoms with van der Waals surface area (Å²) in [6.45, 7) is 9.28.